The molecule has 1 aromatic rings. The first-order valence-electron chi connectivity index (χ1n) is 6.12. The van der Waals surface area contributed by atoms with Gasteiger partial charge in [-0.05, 0) is 48.0 Å². The number of hydrogen-bond donors (Lipinski definition) is 2. The first-order valence-corrected chi connectivity index (χ1v) is 6.91. The smallest absolute Gasteiger partial charge is 0.251 e. The van der Waals surface area contributed by atoms with Crippen LogP contribution in [0.15, 0.2) is 16.6 Å². The summed E-state index contributed by atoms with van der Waals surface area (Å²) >= 11 is 3.38. The van der Waals surface area contributed by atoms with Gasteiger partial charge >= 0.3 is 0 Å². The Hall–Kier alpha value is -0.980. The highest BCUT2D eigenvalue weighted by Crippen LogP contribution is 2.36. The van der Waals surface area contributed by atoms with Crippen molar-refractivity contribution in [3.05, 3.63) is 22.2 Å². The summed E-state index contributed by atoms with van der Waals surface area (Å²) in [6.45, 7) is 3.52. The SMILES string of the molecule is CCOc1c(Br)cc(C(=O)NCCCN)cc1OC.Cl. The van der Waals surface area contributed by atoms with Crippen LogP contribution >= 0.6 is 28.3 Å². The first-order chi connectivity index (χ1) is 9.13. The van der Waals surface area contributed by atoms with Crippen molar-refractivity contribution in [2.75, 3.05) is 26.8 Å². The maximum atomic E-state index is 11.9. The maximum Gasteiger partial charge on any atom is 0.251 e. The molecule has 0 saturated heterocycles. The molecule has 0 unspecified atom stereocenters. The molecule has 0 atom stereocenters. The van der Waals surface area contributed by atoms with Crippen LogP contribution in [0.2, 0.25) is 0 Å². The predicted octanol–water partition coefficient (Wildman–Crippen LogP) is 2.36. The molecule has 1 aromatic carbocycles. The quantitative estimate of drug-likeness (QED) is 0.726. The molecule has 0 aliphatic rings. The second-order valence-electron chi connectivity index (χ2n) is 3.82. The third-order valence-electron chi connectivity index (χ3n) is 2.45. The number of hydrogen-bond acceptors (Lipinski definition) is 4. The van der Waals surface area contributed by atoms with E-state index in [2.05, 4.69) is 21.2 Å². The summed E-state index contributed by atoms with van der Waals surface area (Å²) in [7, 11) is 1.54. The van der Waals surface area contributed by atoms with E-state index >= 15 is 0 Å². The molecule has 0 heterocycles. The fourth-order valence-electron chi connectivity index (χ4n) is 1.54. The minimum atomic E-state index is -0.157. The highest BCUT2D eigenvalue weighted by molar-refractivity contribution is 9.10. The standard InChI is InChI=1S/C13H19BrN2O3.ClH/c1-3-19-12-10(14)7-9(8-11(12)18-2)13(17)16-6-4-5-15;/h7-8H,3-6,15H2,1-2H3,(H,16,17);1H. The number of amides is 1. The van der Waals surface area contributed by atoms with Crippen molar-refractivity contribution in [1.29, 1.82) is 0 Å². The zero-order valence-electron chi connectivity index (χ0n) is 11.6. The Balaban J connectivity index is 0.00000361. The maximum absolute atomic E-state index is 11.9. The number of rotatable bonds is 7. The van der Waals surface area contributed by atoms with Crippen LogP contribution in [0.1, 0.15) is 23.7 Å². The van der Waals surface area contributed by atoms with Gasteiger partial charge in [0.2, 0.25) is 0 Å². The molecule has 0 aromatic heterocycles. The van der Waals surface area contributed by atoms with Crippen LogP contribution in [0, 0.1) is 0 Å². The van der Waals surface area contributed by atoms with Gasteiger partial charge in [0.05, 0.1) is 18.2 Å². The van der Waals surface area contributed by atoms with Gasteiger partial charge in [-0.3, -0.25) is 4.79 Å². The van der Waals surface area contributed by atoms with E-state index in [-0.39, 0.29) is 18.3 Å². The van der Waals surface area contributed by atoms with Crippen molar-refractivity contribution in [3.63, 3.8) is 0 Å². The van der Waals surface area contributed by atoms with Crippen LogP contribution in [-0.4, -0.2) is 32.7 Å². The lowest BCUT2D eigenvalue weighted by Crippen LogP contribution is -2.26. The van der Waals surface area contributed by atoms with Crippen LogP contribution in [0.25, 0.3) is 0 Å². The molecule has 3 N–H and O–H groups in total. The summed E-state index contributed by atoms with van der Waals surface area (Å²) in [5.74, 6) is 0.971. The van der Waals surface area contributed by atoms with E-state index < -0.39 is 0 Å². The van der Waals surface area contributed by atoms with Crippen molar-refractivity contribution in [3.8, 4) is 11.5 Å². The Kier molecular flexibility index (Phi) is 9.37. The molecule has 5 nitrogen and oxygen atoms in total. The zero-order valence-corrected chi connectivity index (χ0v) is 14.0. The molecular formula is C13H20BrClN2O3. The monoisotopic (exact) mass is 366 g/mol. The Bertz CT molecular complexity index is 444. The third-order valence-corrected chi connectivity index (χ3v) is 3.04. The number of carbonyl (C=O) groups is 1. The van der Waals surface area contributed by atoms with E-state index in [4.69, 9.17) is 15.2 Å². The van der Waals surface area contributed by atoms with Crippen LogP contribution in [-0.2, 0) is 0 Å². The summed E-state index contributed by atoms with van der Waals surface area (Å²) in [5.41, 5.74) is 5.90. The second kappa shape index (κ2) is 9.85. The normalized spacial score (nSPS) is 9.60. The number of carbonyl (C=O) groups excluding carboxylic acids is 1. The molecular weight excluding hydrogens is 348 g/mol. The lowest BCUT2D eigenvalue weighted by molar-refractivity contribution is 0.0953. The number of ether oxygens (including phenoxy) is 2. The molecule has 0 radical (unpaired) electrons. The van der Waals surface area contributed by atoms with Gasteiger partial charge in [-0.1, -0.05) is 0 Å². The molecule has 7 heteroatoms. The van der Waals surface area contributed by atoms with E-state index in [1.807, 2.05) is 6.92 Å². The fourth-order valence-corrected chi connectivity index (χ4v) is 2.10. The lowest BCUT2D eigenvalue weighted by atomic mass is 10.2. The van der Waals surface area contributed by atoms with Crippen molar-refractivity contribution in [1.82, 2.24) is 5.32 Å². The highest BCUT2D eigenvalue weighted by atomic mass is 79.9. The van der Waals surface area contributed by atoms with Crippen LogP contribution in [0.3, 0.4) is 0 Å². The summed E-state index contributed by atoms with van der Waals surface area (Å²) in [6, 6.07) is 3.37. The van der Waals surface area contributed by atoms with Crippen molar-refractivity contribution < 1.29 is 14.3 Å². The summed E-state index contributed by atoms with van der Waals surface area (Å²) in [6.07, 6.45) is 0.751. The summed E-state index contributed by atoms with van der Waals surface area (Å²) in [5, 5.41) is 2.79. The van der Waals surface area contributed by atoms with E-state index in [0.717, 1.165) is 6.42 Å². The number of nitrogens with one attached hydrogen (secondary N) is 1. The highest BCUT2D eigenvalue weighted by Gasteiger charge is 2.14. The number of methoxy groups -OCH3 is 1. The average Bonchev–Trinajstić information content (AvgIpc) is 2.41. The molecule has 20 heavy (non-hydrogen) atoms. The number of benzene rings is 1. The summed E-state index contributed by atoms with van der Waals surface area (Å²) < 4.78 is 11.4. The molecule has 0 aliphatic heterocycles. The zero-order chi connectivity index (χ0) is 14.3. The molecule has 1 rings (SSSR count). The minimum absolute atomic E-state index is 0. The Morgan fingerprint density at radius 1 is 1.45 bits per heavy atom. The van der Waals surface area contributed by atoms with Gasteiger partial charge in [0, 0.05) is 12.1 Å². The Labute approximate surface area is 133 Å². The van der Waals surface area contributed by atoms with Gasteiger partial charge in [-0.15, -0.1) is 12.4 Å². The Morgan fingerprint density at radius 3 is 2.70 bits per heavy atom. The van der Waals surface area contributed by atoms with Gasteiger partial charge in [-0.2, -0.15) is 0 Å². The first kappa shape index (κ1) is 19.0. The van der Waals surface area contributed by atoms with E-state index in [1.165, 1.54) is 0 Å². The second-order valence-corrected chi connectivity index (χ2v) is 4.67. The molecule has 0 aliphatic carbocycles. The molecule has 1 amide bonds. The van der Waals surface area contributed by atoms with Gasteiger partial charge in [-0.25, -0.2) is 0 Å². The third kappa shape index (κ3) is 5.19. The fraction of sp³-hybridized carbons (Fsp3) is 0.462. The van der Waals surface area contributed by atoms with Gasteiger partial charge in [0.25, 0.3) is 5.91 Å². The van der Waals surface area contributed by atoms with E-state index in [0.29, 0.717) is 41.2 Å². The van der Waals surface area contributed by atoms with Crippen molar-refractivity contribution in [2.45, 2.75) is 13.3 Å². The largest absolute Gasteiger partial charge is 0.493 e. The molecule has 0 fully saturated rings. The van der Waals surface area contributed by atoms with Crippen LogP contribution in [0.4, 0.5) is 0 Å². The van der Waals surface area contributed by atoms with E-state index in [9.17, 15) is 4.79 Å². The lowest BCUT2D eigenvalue weighted by Gasteiger charge is -2.13. The Morgan fingerprint density at radius 2 is 2.15 bits per heavy atom. The van der Waals surface area contributed by atoms with Crippen molar-refractivity contribution >= 4 is 34.2 Å². The molecule has 0 bridgehead atoms. The minimum Gasteiger partial charge on any atom is -0.493 e. The summed E-state index contributed by atoms with van der Waals surface area (Å²) in [4.78, 5) is 11.9. The average molecular weight is 368 g/mol. The topological polar surface area (TPSA) is 73.6 Å². The van der Waals surface area contributed by atoms with E-state index in [1.54, 1.807) is 19.2 Å². The number of nitrogens with two attached hydrogens (primary N) is 1. The van der Waals surface area contributed by atoms with Crippen LogP contribution < -0.4 is 20.5 Å². The molecule has 0 saturated carbocycles. The molecule has 0 spiro atoms. The predicted molar refractivity (Wildman–Crippen MR) is 85.1 cm³/mol. The van der Waals surface area contributed by atoms with Gasteiger partial charge < -0.3 is 20.5 Å². The van der Waals surface area contributed by atoms with Crippen LogP contribution in [0.5, 0.6) is 11.5 Å². The van der Waals surface area contributed by atoms with Crippen molar-refractivity contribution in [2.24, 2.45) is 5.73 Å². The van der Waals surface area contributed by atoms with Gasteiger partial charge in [0.1, 0.15) is 0 Å². The molecule has 114 valence electrons. The van der Waals surface area contributed by atoms with Gasteiger partial charge in [0.15, 0.2) is 11.5 Å². The number of halogens is 2.